The van der Waals surface area contributed by atoms with E-state index in [1.54, 1.807) is 12.1 Å². The highest BCUT2D eigenvalue weighted by molar-refractivity contribution is 6.53. The fourth-order valence-corrected chi connectivity index (χ4v) is 3.11. The number of anilines is 2. The van der Waals surface area contributed by atoms with Crippen molar-refractivity contribution >= 4 is 46.7 Å². The predicted octanol–water partition coefficient (Wildman–Crippen LogP) is 3.78. The molecule has 2 amide bonds. The number of hydrogen-bond donors (Lipinski definition) is 2. The fraction of sp³-hybridized carbons (Fsp3) is 0.182. The van der Waals surface area contributed by atoms with Crippen molar-refractivity contribution in [1.29, 1.82) is 0 Å². The number of carboxylic acid groups (broad SMARTS) is 1. The molecule has 0 unspecified atom stereocenters. The Morgan fingerprint density at radius 2 is 1.74 bits per heavy atom. The maximum absolute atomic E-state index is 13.0. The number of benzene rings is 2. The number of unbranched alkanes of at least 4 members (excludes halogenated alkanes) is 1. The van der Waals surface area contributed by atoms with Crippen LogP contribution < -0.4 is 10.2 Å². The summed E-state index contributed by atoms with van der Waals surface area (Å²) in [7, 11) is 0. The van der Waals surface area contributed by atoms with Gasteiger partial charge in [-0.25, -0.2) is 14.5 Å². The summed E-state index contributed by atoms with van der Waals surface area (Å²) in [5.74, 6) is -3.27. The summed E-state index contributed by atoms with van der Waals surface area (Å²) >= 11 is 6.13. The molecule has 0 aromatic heterocycles. The third-order valence-corrected chi connectivity index (χ3v) is 4.88. The van der Waals surface area contributed by atoms with Gasteiger partial charge in [-0.05, 0) is 42.8 Å². The highest BCUT2D eigenvalue weighted by Crippen LogP contribution is 2.32. The number of carboxylic acids is 1. The zero-order chi connectivity index (χ0) is 22.5. The van der Waals surface area contributed by atoms with Crippen LogP contribution in [0.3, 0.4) is 0 Å². The van der Waals surface area contributed by atoms with Crippen LogP contribution in [0.5, 0.6) is 0 Å². The lowest BCUT2D eigenvalue weighted by Gasteiger charge is -2.18. The molecule has 160 valence electrons. The highest BCUT2D eigenvalue weighted by atomic mass is 35.5. The molecule has 3 rings (SSSR count). The van der Waals surface area contributed by atoms with E-state index in [-0.39, 0.29) is 34.2 Å². The molecule has 31 heavy (non-hydrogen) atoms. The molecule has 1 heterocycles. The van der Waals surface area contributed by atoms with Crippen LogP contribution in [0.15, 0.2) is 59.3 Å². The number of halogens is 1. The first-order valence-electron chi connectivity index (χ1n) is 9.50. The lowest BCUT2D eigenvalue weighted by molar-refractivity contribution is -0.120. The molecule has 0 radical (unpaired) electrons. The molecular weight excluding hydrogens is 424 g/mol. The zero-order valence-corrected chi connectivity index (χ0v) is 17.3. The maximum atomic E-state index is 13.0. The zero-order valence-electron chi connectivity index (χ0n) is 16.6. The van der Waals surface area contributed by atoms with E-state index in [1.165, 1.54) is 36.4 Å². The predicted molar refractivity (Wildman–Crippen MR) is 114 cm³/mol. The van der Waals surface area contributed by atoms with E-state index in [1.807, 2.05) is 6.92 Å². The largest absolute Gasteiger partial charge is 0.478 e. The first-order chi connectivity index (χ1) is 14.8. The molecule has 2 N–H and O–H groups in total. The molecule has 8 nitrogen and oxygen atoms in total. The Kier molecular flexibility index (Phi) is 6.71. The Bertz CT molecular complexity index is 1080. The van der Waals surface area contributed by atoms with Gasteiger partial charge < -0.3 is 15.2 Å². The third-order valence-electron chi connectivity index (χ3n) is 4.52. The van der Waals surface area contributed by atoms with Gasteiger partial charge in [0.2, 0.25) is 0 Å². The quantitative estimate of drug-likeness (QED) is 0.363. The van der Waals surface area contributed by atoms with Crippen molar-refractivity contribution in [1.82, 2.24) is 0 Å². The Morgan fingerprint density at radius 3 is 2.39 bits per heavy atom. The number of aromatic carboxylic acids is 1. The van der Waals surface area contributed by atoms with Crippen LogP contribution >= 0.6 is 11.6 Å². The molecule has 0 atom stereocenters. The molecule has 0 bridgehead atoms. The van der Waals surface area contributed by atoms with E-state index in [9.17, 15) is 19.2 Å². The van der Waals surface area contributed by atoms with Crippen molar-refractivity contribution < 1.29 is 29.0 Å². The summed E-state index contributed by atoms with van der Waals surface area (Å²) in [6, 6.07) is 11.7. The lowest BCUT2D eigenvalue weighted by Crippen LogP contribution is -2.33. The molecule has 1 aliphatic heterocycles. The van der Waals surface area contributed by atoms with Crippen LogP contribution in [0, 0.1) is 0 Å². The lowest BCUT2D eigenvalue weighted by atomic mass is 10.1. The van der Waals surface area contributed by atoms with Gasteiger partial charge in [0, 0.05) is 5.69 Å². The van der Waals surface area contributed by atoms with Crippen LogP contribution in [0.2, 0.25) is 0 Å². The average molecular weight is 443 g/mol. The second-order valence-electron chi connectivity index (χ2n) is 6.65. The number of rotatable bonds is 8. The summed E-state index contributed by atoms with van der Waals surface area (Å²) in [6.07, 6.45) is 1.54. The van der Waals surface area contributed by atoms with E-state index < -0.39 is 23.8 Å². The monoisotopic (exact) mass is 442 g/mol. The van der Waals surface area contributed by atoms with Gasteiger partial charge in [0.1, 0.15) is 10.7 Å². The van der Waals surface area contributed by atoms with Gasteiger partial charge >= 0.3 is 11.9 Å². The molecule has 0 aliphatic carbocycles. The standard InChI is InChI=1S/C22H19ClN2O6/c1-2-3-12-31-22(30)15-6-4-5-7-16(15)25-19(26)17(23)18(20(25)27)24-14-10-8-13(9-11-14)21(28)29/h4-11,24H,2-3,12H2,1H3,(H,28,29). The molecule has 9 heteroatoms. The molecule has 2 aromatic carbocycles. The topological polar surface area (TPSA) is 113 Å². The minimum atomic E-state index is -1.09. The van der Waals surface area contributed by atoms with Crippen molar-refractivity contribution in [2.75, 3.05) is 16.8 Å². The smallest absolute Gasteiger partial charge is 0.340 e. The van der Waals surface area contributed by atoms with Crippen LogP contribution in [-0.4, -0.2) is 35.5 Å². The molecule has 0 saturated carbocycles. The van der Waals surface area contributed by atoms with Crippen molar-refractivity contribution in [3.8, 4) is 0 Å². The number of carbonyl (C=O) groups excluding carboxylic acids is 3. The van der Waals surface area contributed by atoms with Gasteiger partial charge in [-0.1, -0.05) is 37.1 Å². The van der Waals surface area contributed by atoms with Gasteiger partial charge in [0.05, 0.1) is 23.4 Å². The minimum Gasteiger partial charge on any atom is -0.478 e. The second kappa shape index (κ2) is 9.44. The van der Waals surface area contributed by atoms with Crippen molar-refractivity contribution in [2.45, 2.75) is 19.8 Å². The summed E-state index contributed by atoms with van der Waals surface area (Å²) in [6.45, 7) is 2.18. The first-order valence-corrected chi connectivity index (χ1v) is 9.88. The Morgan fingerprint density at radius 1 is 1.06 bits per heavy atom. The van der Waals surface area contributed by atoms with Gasteiger partial charge in [-0.2, -0.15) is 0 Å². The van der Waals surface area contributed by atoms with Crippen LogP contribution in [0.1, 0.15) is 40.5 Å². The number of carbonyl (C=O) groups is 4. The van der Waals surface area contributed by atoms with Crippen molar-refractivity contribution in [3.05, 3.63) is 70.4 Å². The fourth-order valence-electron chi connectivity index (χ4n) is 2.90. The number of hydrogen-bond acceptors (Lipinski definition) is 6. The average Bonchev–Trinajstić information content (AvgIpc) is 2.97. The molecular formula is C22H19ClN2O6. The normalized spacial score (nSPS) is 13.5. The van der Waals surface area contributed by atoms with Crippen LogP contribution in [0.25, 0.3) is 0 Å². The maximum Gasteiger partial charge on any atom is 0.340 e. The van der Waals surface area contributed by atoms with E-state index in [0.29, 0.717) is 12.1 Å². The molecule has 0 spiro atoms. The van der Waals surface area contributed by atoms with Crippen LogP contribution in [0.4, 0.5) is 11.4 Å². The van der Waals surface area contributed by atoms with Gasteiger partial charge in [-0.3, -0.25) is 9.59 Å². The van der Waals surface area contributed by atoms with E-state index in [4.69, 9.17) is 21.4 Å². The van der Waals surface area contributed by atoms with Crippen molar-refractivity contribution in [2.24, 2.45) is 0 Å². The number of nitrogens with zero attached hydrogens (tertiary/aromatic N) is 1. The van der Waals surface area contributed by atoms with E-state index in [0.717, 1.165) is 11.3 Å². The number of imide groups is 1. The van der Waals surface area contributed by atoms with Gasteiger partial charge in [-0.15, -0.1) is 0 Å². The number of nitrogens with one attached hydrogen (secondary N) is 1. The summed E-state index contributed by atoms with van der Waals surface area (Å²) in [4.78, 5) is 50.0. The highest BCUT2D eigenvalue weighted by Gasteiger charge is 2.40. The molecule has 1 aliphatic rings. The number of esters is 1. The Hall–Kier alpha value is -3.65. The number of amides is 2. The SMILES string of the molecule is CCCCOC(=O)c1ccccc1N1C(=O)C(Cl)=C(Nc2ccc(C(=O)O)cc2)C1=O. The van der Waals surface area contributed by atoms with Crippen molar-refractivity contribution in [3.63, 3.8) is 0 Å². The molecule has 0 saturated heterocycles. The molecule has 0 fully saturated rings. The van der Waals surface area contributed by atoms with E-state index >= 15 is 0 Å². The number of para-hydroxylation sites is 1. The Labute approximate surface area is 183 Å². The Balaban J connectivity index is 1.86. The minimum absolute atomic E-state index is 0.0650. The summed E-state index contributed by atoms with van der Waals surface area (Å²) in [5, 5.41) is 11.4. The summed E-state index contributed by atoms with van der Waals surface area (Å²) < 4.78 is 5.22. The van der Waals surface area contributed by atoms with Gasteiger partial charge in [0.15, 0.2) is 0 Å². The second-order valence-corrected chi connectivity index (χ2v) is 7.03. The van der Waals surface area contributed by atoms with Crippen LogP contribution in [-0.2, 0) is 14.3 Å². The first kappa shape index (κ1) is 22.0. The third kappa shape index (κ3) is 4.59. The van der Waals surface area contributed by atoms with Gasteiger partial charge in [0.25, 0.3) is 11.8 Å². The van der Waals surface area contributed by atoms with E-state index in [2.05, 4.69) is 5.32 Å². The number of ether oxygens (including phenoxy) is 1. The molecule has 2 aromatic rings. The summed E-state index contributed by atoms with van der Waals surface area (Å²) in [5.41, 5.74) is 0.390.